The fourth-order valence-electron chi connectivity index (χ4n) is 1.25. The molecule has 88 valence electrons. The maximum absolute atomic E-state index is 11.9. The average Bonchev–Trinajstić information content (AvgIpc) is 2.34. The summed E-state index contributed by atoms with van der Waals surface area (Å²) in [5.74, 6) is -1.70. The zero-order chi connectivity index (χ0) is 12.8. The molecule has 1 heterocycles. The Morgan fingerprint density at radius 2 is 2.29 bits per heavy atom. The van der Waals surface area contributed by atoms with Gasteiger partial charge in [0.15, 0.2) is 0 Å². The number of pyridine rings is 1. The van der Waals surface area contributed by atoms with Gasteiger partial charge in [0.2, 0.25) is 0 Å². The molecule has 1 N–H and O–H groups in total. The van der Waals surface area contributed by atoms with E-state index in [-0.39, 0.29) is 24.2 Å². The van der Waals surface area contributed by atoms with E-state index in [0.717, 1.165) is 0 Å². The zero-order valence-corrected chi connectivity index (χ0v) is 9.25. The van der Waals surface area contributed by atoms with E-state index in [1.54, 1.807) is 0 Å². The Labute approximate surface area is 98.1 Å². The standard InChI is InChI=1S/C11H11N3O3/c1-14(7-3-5-12)10(15)9-8(11(16)17)4-2-6-13-9/h2,4,6H,3,7H2,1H3,(H,16,17). The van der Waals surface area contributed by atoms with Crippen LogP contribution in [0.15, 0.2) is 18.3 Å². The Bertz CT molecular complexity index is 479. The van der Waals surface area contributed by atoms with Crippen molar-refractivity contribution in [3.8, 4) is 6.07 Å². The molecular weight excluding hydrogens is 222 g/mol. The predicted molar refractivity (Wildman–Crippen MR) is 58.4 cm³/mol. The smallest absolute Gasteiger partial charge is 0.338 e. The molecule has 0 spiro atoms. The van der Waals surface area contributed by atoms with Crippen molar-refractivity contribution in [2.75, 3.05) is 13.6 Å². The van der Waals surface area contributed by atoms with Gasteiger partial charge in [-0.05, 0) is 12.1 Å². The summed E-state index contributed by atoms with van der Waals surface area (Å²) in [5.41, 5.74) is -0.248. The second-order valence-corrected chi connectivity index (χ2v) is 3.34. The number of aromatic nitrogens is 1. The first kappa shape index (κ1) is 12.6. The van der Waals surface area contributed by atoms with Crippen LogP contribution in [0.3, 0.4) is 0 Å². The number of carbonyl (C=O) groups excluding carboxylic acids is 1. The molecule has 17 heavy (non-hydrogen) atoms. The van der Waals surface area contributed by atoms with Crippen LogP contribution in [0.4, 0.5) is 0 Å². The van der Waals surface area contributed by atoms with E-state index in [0.29, 0.717) is 0 Å². The van der Waals surface area contributed by atoms with E-state index in [1.807, 2.05) is 6.07 Å². The molecule has 6 heteroatoms. The molecule has 0 fully saturated rings. The third-order valence-electron chi connectivity index (χ3n) is 2.15. The van der Waals surface area contributed by atoms with Crippen LogP contribution in [-0.4, -0.2) is 40.5 Å². The topological polar surface area (TPSA) is 94.3 Å². The average molecular weight is 233 g/mol. The van der Waals surface area contributed by atoms with E-state index in [1.165, 1.54) is 30.3 Å². The highest BCUT2D eigenvalue weighted by molar-refractivity contribution is 6.03. The lowest BCUT2D eigenvalue weighted by Gasteiger charge is -2.15. The number of aromatic carboxylic acids is 1. The monoisotopic (exact) mass is 233 g/mol. The first-order valence-electron chi connectivity index (χ1n) is 4.88. The number of hydrogen-bond donors (Lipinski definition) is 1. The molecule has 1 amide bonds. The van der Waals surface area contributed by atoms with Crippen molar-refractivity contribution < 1.29 is 14.7 Å². The molecule has 0 radical (unpaired) electrons. The van der Waals surface area contributed by atoms with Crippen LogP contribution >= 0.6 is 0 Å². The van der Waals surface area contributed by atoms with Gasteiger partial charge >= 0.3 is 5.97 Å². The Morgan fingerprint density at radius 1 is 1.59 bits per heavy atom. The Hall–Kier alpha value is -2.42. The predicted octanol–water partition coefficient (Wildman–Crippen LogP) is 0.765. The Balaban J connectivity index is 2.96. The van der Waals surface area contributed by atoms with Gasteiger partial charge in [0.25, 0.3) is 5.91 Å². The van der Waals surface area contributed by atoms with Crippen molar-refractivity contribution in [3.05, 3.63) is 29.6 Å². The number of carbonyl (C=O) groups is 2. The summed E-state index contributed by atoms with van der Waals surface area (Å²) in [7, 11) is 1.50. The normalized spacial score (nSPS) is 9.41. The number of carboxylic acids is 1. The largest absolute Gasteiger partial charge is 0.478 e. The number of carboxylic acid groups (broad SMARTS) is 1. The van der Waals surface area contributed by atoms with E-state index < -0.39 is 11.9 Å². The van der Waals surface area contributed by atoms with Crippen LogP contribution in [0.5, 0.6) is 0 Å². The first-order valence-corrected chi connectivity index (χ1v) is 4.88. The molecule has 1 aromatic heterocycles. The molecule has 0 saturated heterocycles. The lowest BCUT2D eigenvalue weighted by atomic mass is 10.2. The van der Waals surface area contributed by atoms with Gasteiger partial charge in [0.05, 0.1) is 18.1 Å². The molecule has 1 aromatic rings. The highest BCUT2D eigenvalue weighted by atomic mass is 16.4. The zero-order valence-electron chi connectivity index (χ0n) is 9.25. The van der Waals surface area contributed by atoms with E-state index in [2.05, 4.69) is 4.98 Å². The number of hydrogen-bond acceptors (Lipinski definition) is 4. The van der Waals surface area contributed by atoms with Gasteiger partial charge < -0.3 is 10.0 Å². The van der Waals surface area contributed by atoms with Crippen LogP contribution in [0, 0.1) is 11.3 Å². The van der Waals surface area contributed by atoms with Gasteiger partial charge in [-0.3, -0.25) is 9.78 Å². The van der Waals surface area contributed by atoms with Crippen LogP contribution in [0.25, 0.3) is 0 Å². The van der Waals surface area contributed by atoms with Gasteiger partial charge in [0.1, 0.15) is 5.69 Å². The molecule has 0 bridgehead atoms. The maximum Gasteiger partial charge on any atom is 0.338 e. The van der Waals surface area contributed by atoms with Gasteiger partial charge in [-0.1, -0.05) is 0 Å². The fourth-order valence-corrected chi connectivity index (χ4v) is 1.25. The molecule has 0 saturated carbocycles. The number of nitriles is 1. The summed E-state index contributed by atoms with van der Waals surface area (Å²) in [6.07, 6.45) is 1.55. The van der Waals surface area contributed by atoms with Crippen molar-refractivity contribution in [3.63, 3.8) is 0 Å². The van der Waals surface area contributed by atoms with Crippen molar-refractivity contribution in [1.82, 2.24) is 9.88 Å². The van der Waals surface area contributed by atoms with Crippen molar-refractivity contribution in [1.29, 1.82) is 5.26 Å². The highest BCUT2D eigenvalue weighted by Crippen LogP contribution is 2.08. The fraction of sp³-hybridized carbons (Fsp3) is 0.273. The van der Waals surface area contributed by atoms with E-state index in [9.17, 15) is 9.59 Å². The molecule has 0 aliphatic heterocycles. The van der Waals surface area contributed by atoms with Crippen molar-refractivity contribution in [2.24, 2.45) is 0 Å². The number of amides is 1. The van der Waals surface area contributed by atoms with Crippen LogP contribution in [0.2, 0.25) is 0 Å². The van der Waals surface area contributed by atoms with E-state index >= 15 is 0 Å². The summed E-state index contributed by atoms with van der Waals surface area (Å²) in [5, 5.41) is 17.3. The summed E-state index contributed by atoms with van der Waals surface area (Å²) in [4.78, 5) is 27.8. The summed E-state index contributed by atoms with van der Waals surface area (Å²) in [6.45, 7) is 0.241. The first-order chi connectivity index (χ1) is 8.07. The second kappa shape index (κ2) is 5.61. The van der Waals surface area contributed by atoms with Crippen molar-refractivity contribution in [2.45, 2.75) is 6.42 Å². The molecule has 0 atom stereocenters. The minimum absolute atomic E-state index is 0.111. The molecule has 0 unspecified atom stereocenters. The van der Waals surface area contributed by atoms with Gasteiger partial charge in [-0.2, -0.15) is 5.26 Å². The lowest BCUT2D eigenvalue weighted by molar-refractivity contribution is 0.0680. The van der Waals surface area contributed by atoms with Gasteiger partial charge in [-0.25, -0.2) is 4.79 Å². The molecule has 0 aliphatic rings. The Morgan fingerprint density at radius 3 is 2.88 bits per heavy atom. The third kappa shape index (κ3) is 3.01. The quantitative estimate of drug-likeness (QED) is 0.828. The minimum atomic E-state index is -1.20. The van der Waals surface area contributed by atoms with Crippen LogP contribution < -0.4 is 0 Å². The van der Waals surface area contributed by atoms with Crippen LogP contribution in [0.1, 0.15) is 27.3 Å². The van der Waals surface area contributed by atoms with Crippen molar-refractivity contribution >= 4 is 11.9 Å². The van der Waals surface area contributed by atoms with Gasteiger partial charge in [-0.15, -0.1) is 0 Å². The molecule has 0 aliphatic carbocycles. The molecular formula is C11H11N3O3. The summed E-state index contributed by atoms with van der Waals surface area (Å²) in [6, 6.07) is 4.69. The molecule has 0 aromatic carbocycles. The Kier molecular flexibility index (Phi) is 4.17. The number of nitrogens with zero attached hydrogens (tertiary/aromatic N) is 3. The van der Waals surface area contributed by atoms with Crippen LogP contribution in [-0.2, 0) is 0 Å². The molecule has 6 nitrogen and oxygen atoms in total. The number of rotatable bonds is 4. The maximum atomic E-state index is 11.9. The highest BCUT2D eigenvalue weighted by Gasteiger charge is 2.20. The third-order valence-corrected chi connectivity index (χ3v) is 2.15. The summed E-state index contributed by atoms with van der Waals surface area (Å²) < 4.78 is 0. The van der Waals surface area contributed by atoms with E-state index in [4.69, 9.17) is 10.4 Å². The molecule has 1 rings (SSSR count). The SMILES string of the molecule is CN(CCC#N)C(=O)c1ncccc1C(=O)O. The lowest BCUT2D eigenvalue weighted by Crippen LogP contribution is -2.29. The minimum Gasteiger partial charge on any atom is -0.478 e. The summed E-state index contributed by atoms with van der Waals surface area (Å²) >= 11 is 0. The van der Waals surface area contributed by atoms with Gasteiger partial charge in [0, 0.05) is 19.8 Å². The second-order valence-electron chi connectivity index (χ2n) is 3.34.